The number of hydrogen-bond donors (Lipinski definition) is 1. The van der Waals surface area contributed by atoms with Crippen molar-refractivity contribution in [1.82, 2.24) is 14.3 Å². The molecule has 0 amide bonds. The third-order valence-electron chi connectivity index (χ3n) is 3.16. The first-order valence-corrected chi connectivity index (χ1v) is 6.38. The van der Waals surface area contributed by atoms with E-state index in [1.54, 1.807) is 15.4 Å². The van der Waals surface area contributed by atoms with Gasteiger partial charge in [-0.1, -0.05) is 13.8 Å². The fraction of sp³-hybridized carbons (Fsp3) is 0.429. The van der Waals surface area contributed by atoms with Crippen LogP contribution in [0.1, 0.15) is 19.4 Å². The topological polar surface area (TPSA) is 65.8 Å². The normalized spacial score (nSPS) is 11.2. The Hall–Kier alpha value is -2.04. The van der Waals surface area contributed by atoms with Crippen molar-refractivity contribution >= 4 is 5.69 Å². The predicted octanol–water partition coefficient (Wildman–Crippen LogP) is 1.80. The number of nitrogens with two attached hydrogens (primary N) is 1. The molecule has 0 saturated heterocycles. The second-order valence-electron chi connectivity index (χ2n) is 5.34. The summed E-state index contributed by atoms with van der Waals surface area (Å²) < 4.78 is 3.43. The van der Waals surface area contributed by atoms with E-state index in [1.165, 1.54) is 0 Å². The van der Waals surface area contributed by atoms with Crippen LogP contribution in [0.4, 0.5) is 5.69 Å². The van der Waals surface area contributed by atoms with Crippen molar-refractivity contribution in [3.63, 3.8) is 0 Å². The first-order valence-electron chi connectivity index (χ1n) is 6.38. The number of hydrogen-bond acceptors (Lipinski definition) is 3. The number of aryl methyl sites for hydroxylation is 1. The minimum absolute atomic E-state index is 0.112. The Labute approximate surface area is 112 Å². The Kier molecular flexibility index (Phi) is 3.46. The highest BCUT2D eigenvalue weighted by Crippen LogP contribution is 2.24. The van der Waals surface area contributed by atoms with E-state index in [4.69, 9.17) is 5.73 Å². The van der Waals surface area contributed by atoms with Gasteiger partial charge in [0.05, 0.1) is 6.20 Å². The molecule has 0 spiro atoms. The lowest BCUT2D eigenvalue weighted by molar-refractivity contribution is 0.512. The number of nitrogens with zero attached hydrogens (tertiary/aromatic N) is 3. The molecule has 2 N–H and O–H groups in total. The lowest BCUT2D eigenvalue weighted by Gasteiger charge is -2.14. The van der Waals surface area contributed by atoms with Gasteiger partial charge in [-0.25, -0.2) is 0 Å². The number of rotatable bonds is 3. The van der Waals surface area contributed by atoms with E-state index in [0.29, 0.717) is 18.2 Å². The molecular formula is C14H20N4O. The largest absolute Gasteiger partial charge is 0.394 e. The van der Waals surface area contributed by atoms with E-state index >= 15 is 0 Å². The van der Waals surface area contributed by atoms with Crippen LogP contribution in [-0.4, -0.2) is 14.3 Å². The molecule has 2 aromatic heterocycles. The van der Waals surface area contributed by atoms with E-state index in [9.17, 15) is 4.79 Å². The van der Waals surface area contributed by atoms with E-state index in [2.05, 4.69) is 18.9 Å². The molecule has 0 aliphatic heterocycles. The first-order chi connectivity index (χ1) is 8.90. The second-order valence-corrected chi connectivity index (χ2v) is 5.34. The minimum Gasteiger partial charge on any atom is -0.394 e. The van der Waals surface area contributed by atoms with Crippen LogP contribution in [-0.2, 0) is 13.6 Å². The Morgan fingerprint density at radius 3 is 2.58 bits per heavy atom. The molecule has 102 valence electrons. The maximum absolute atomic E-state index is 12.1. The number of pyridine rings is 1. The molecule has 2 heterocycles. The maximum atomic E-state index is 12.1. The molecule has 0 bridgehead atoms. The zero-order valence-corrected chi connectivity index (χ0v) is 11.8. The Bertz CT molecular complexity index is 652. The van der Waals surface area contributed by atoms with Crippen LogP contribution >= 0.6 is 0 Å². The lowest BCUT2D eigenvalue weighted by atomic mass is 10.0. The molecule has 0 unspecified atom stereocenters. The number of nitrogen functional groups attached to an aromatic ring is 1. The van der Waals surface area contributed by atoms with Crippen molar-refractivity contribution in [2.75, 3.05) is 5.73 Å². The van der Waals surface area contributed by atoms with Crippen molar-refractivity contribution in [1.29, 1.82) is 0 Å². The average molecular weight is 260 g/mol. The molecule has 0 radical (unpaired) electrons. The molecule has 0 aromatic carbocycles. The van der Waals surface area contributed by atoms with Crippen LogP contribution < -0.4 is 11.3 Å². The van der Waals surface area contributed by atoms with Crippen LogP contribution in [0.25, 0.3) is 11.1 Å². The maximum Gasteiger partial charge on any atom is 0.273 e. The summed E-state index contributed by atoms with van der Waals surface area (Å²) in [6, 6.07) is 0. The van der Waals surface area contributed by atoms with Gasteiger partial charge in [0.2, 0.25) is 0 Å². The highest BCUT2D eigenvalue weighted by Gasteiger charge is 2.13. The second kappa shape index (κ2) is 4.91. The first kappa shape index (κ1) is 13.4. The molecule has 0 atom stereocenters. The van der Waals surface area contributed by atoms with Crippen LogP contribution in [0.2, 0.25) is 0 Å². The van der Waals surface area contributed by atoms with Gasteiger partial charge in [-0.3, -0.25) is 9.48 Å². The van der Waals surface area contributed by atoms with Crippen LogP contribution in [0.5, 0.6) is 0 Å². The number of aromatic nitrogens is 3. The fourth-order valence-corrected chi connectivity index (χ4v) is 2.15. The van der Waals surface area contributed by atoms with Gasteiger partial charge in [-0.15, -0.1) is 0 Å². The zero-order valence-electron chi connectivity index (χ0n) is 11.8. The van der Waals surface area contributed by atoms with Crippen molar-refractivity contribution in [3.8, 4) is 11.1 Å². The van der Waals surface area contributed by atoms with Crippen molar-refractivity contribution in [3.05, 3.63) is 34.5 Å². The van der Waals surface area contributed by atoms with E-state index in [0.717, 1.165) is 16.7 Å². The Morgan fingerprint density at radius 1 is 1.37 bits per heavy atom. The van der Waals surface area contributed by atoms with Gasteiger partial charge in [0, 0.05) is 37.1 Å². The van der Waals surface area contributed by atoms with Crippen molar-refractivity contribution in [2.45, 2.75) is 27.3 Å². The highest BCUT2D eigenvalue weighted by molar-refractivity contribution is 5.70. The summed E-state index contributed by atoms with van der Waals surface area (Å²) in [5, 5.41) is 4.17. The summed E-state index contributed by atoms with van der Waals surface area (Å²) in [7, 11) is 1.87. The quantitative estimate of drug-likeness (QED) is 0.915. The smallest absolute Gasteiger partial charge is 0.273 e. The molecular weight excluding hydrogens is 240 g/mol. The minimum atomic E-state index is -0.112. The molecule has 5 heteroatoms. The third kappa shape index (κ3) is 2.54. The van der Waals surface area contributed by atoms with Crippen LogP contribution in [0.15, 0.2) is 23.4 Å². The van der Waals surface area contributed by atoms with Gasteiger partial charge in [-0.05, 0) is 18.4 Å². The lowest BCUT2D eigenvalue weighted by Crippen LogP contribution is -2.25. The average Bonchev–Trinajstić information content (AvgIpc) is 2.76. The van der Waals surface area contributed by atoms with Gasteiger partial charge < -0.3 is 10.3 Å². The van der Waals surface area contributed by atoms with E-state index in [-0.39, 0.29) is 5.56 Å². The highest BCUT2D eigenvalue weighted by atomic mass is 16.1. The van der Waals surface area contributed by atoms with Crippen LogP contribution in [0.3, 0.4) is 0 Å². The summed E-state index contributed by atoms with van der Waals surface area (Å²) >= 11 is 0. The SMILES string of the molecule is Cc1c(-c2cnn(C)c2)cn(CC(C)C)c(=O)c1N. The molecule has 0 saturated carbocycles. The molecule has 0 aliphatic rings. The summed E-state index contributed by atoms with van der Waals surface area (Å²) in [6.45, 7) is 6.69. The van der Waals surface area contributed by atoms with Crippen molar-refractivity contribution < 1.29 is 0 Å². The zero-order chi connectivity index (χ0) is 14.2. The summed E-state index contributed by atoms with van der Waals surface area (Å²) in [4.78, 5) is 12.1. The van der Waals surface area contributed by atoms with Gasteiger partial charge in [0.25, 0.3) is 5.56 Å². The fourth-order valence-electron chi connectivity index (χ4n) is 2.15. The molecule has 0 fully saturated rings. The summed E-state index contributed by atoms with van der Waals surface area (Å²) in [5.74, 6) is 0.390. The predicted molar refractivity (Wildman–Crippen MR) is 76.9 cm³/mol. The van der Waals surface area contributed by atoms with Crippen LogP contribution in [0, 0.1) is 12.8 Å². The number of anilines is 1. The Morgan fingerprint density at radius 2 is 2.05 bits per heavy atom. The van der Waals surface area contributed by atoms with Gasteiger partial charge in [0.1, 0.15) is 5.69 Å². The standard InChI is InChI=1S/C14H20N4O/c1-9(2)6-18-8-12(10(3)13(15)14(18)19)11-5-16-17(4)7-11/h5,7-9H,6,15H2,1-4H3. The summed E-state index contributed by atoms with van der Waals surface area (Å²) in [6.07, 6.45) is 5.59. The van der Waals surface area contributed by atoms with Gasteiger partial charge in [0.15, 0.2) is 0 Å². The molecule has 19 heavy (non-hydrogen) atoms. The van der Waals surface area contributed by atoms with Gasteiger partial charge >= 0.3 is 0 Å². The van der Waals surface area contributed by atoms with E-state index in [1.807, 2.05) is 26.4 Å². The summed E-state index contributed by atoms with van der Waals surface area (Å²) in [5.41, 5.74) is 8.91. The molecule has 5 nitrogen and oxygen atoms in total. The third-order valence-corrected chi connectivity index (χ3v) is 3.16. The molecule has 2 rings (SSSR count). The van der Waals surface area contributed by atoms with Crippen molar-refractivity contribution in [2.24, 2.45) is 13.0 Å². The molecule has 0 aliphatic carbocycles. The van der Waals surface area contributed by atoms with Gasteiger partial charge in [-0.2, -0.15) is 5.10 Å². The monoisotopic (exact) mass is 260 g/mol. The molecule has 2 aromatic rings. The van der Waals surface area contributed by atoms with E-state index < -0.39 is 0 Å². The Balaban J connectivity index is 2.61.